The lowest BCUT2D eigenvalue weighted by Crippen LogP contribution is -2.38. The third-order valence-corrected chi connectivity index (χ3v) is 4.16. The minimum absolute atomic E-state index is 0.0404. The number of fused-ring (bicyclic) bond motifs is 1. The fourth-order valence-electron chi connectivity index (χ4n) is 2.78. The molecule has 0 fully saturated rings. The lowest BCUT2D eigenvalue weighted by molar-refractivity contribution is -0.126. The summed E-state index contributed by atoms with van der Waals surface area (Å²) in [6.45, 7) is 2.84. The van der Waals surface area contributed by atoms with Gasteiger partial charge in [0.05, 0.1) is 17.6 Å². The molecule has 0 spiro atoms. The van der Waals surface area contributed by atoms with E-state index in [0.717, 1.165) is 23.2 Å². The molecule has 0 atom stereocenters. The highest BCUT2D eigenvalue weighted by Gasteiger charge is 2.14. The van der Waals surface area contributed by atoms with Gasteiger partial charge in [0.2, 0.25) is 11.8 Å². The molecule has 3 rings (SSSR count). The summed E-state index contributed by atoms with van der Waals surface area (Å²) in [6.07, 6.45) is 0.853. The van der Waals surface area contributed by atoms with Crippen molar-refractivity contribution in [2.24, 2.45) is 0 Å². The van der Waals surface area contributed by atoms with Crippen molar-refractivity contribution in [2.75, 3.05) is 13.1 Å². The van der Waals surface area contributed by atoms with Crippen LogP contribution < -0.4 is 15.4 Å². The van der Waals surface area contributed by atoms with E-state index in [1.807, 2.05) is 66.1 Å². The number of aromatic nitrogens is 2. The summed E-state index contributed by atoms with van der Waals surface area (Å²) >= 11 is 0. The normalized spacial score (nSPS) is 10.6. The molecule has 2 N–H and O–H groups in total. The van der Waals surface area contributed by atoms with Crippen molar-refractivity contribution in [3.8, 4) is 5.75 Å². The molecule has 146 valence electrons. The number of ether oxygens (including phenoxy) is 1. The number of carbonyl (C=O) groups is 2. The molecule has 7 heteroatoms. The van der Waals surface area contributed by atoms with Crippen molar-refractivity contribution in [1.82, 2.24) is 20.2 Å². The summed E-state index contributed by atoms with van der Waals surface area (Å²) in [7, 11) is 0. The van der Waals surface area contributed by atoms with E-state index in [0.29, 0.717) is 12.4 Å². The number of rotatable bonds is 9. The van der Waals surface area contributed by atoms with Gasteiger partial charge in [0, 0.05) is 6.54 Å². The number of hydrogen-bond donors (Lipinski definition) is 2. The van der Waals surface area contributed by atoms with Crippen molar-refractivity contribution in [1.29, 1.82) is 0 Å². The third kappa shape index (κ3) is 5.09. The minimum atomic E-state index is -0.254. The summed E-state index contributed by atoms with van der Waals surface area (Å²) in [5, 5.41) is 5.39. The molecule has 3 aromatic rings. The maximum atomic E-state index is 12.4. The van der Waals surface area contributed by atoms with Gasteiger partial charge in [0.15, 0.2) is 0 Å². The maximum absolute atomic E-state index is 12.4. The highest BCUT2D eigenvalue weighted by molar-refractivity contribution is 5.85. The zero-order chi connectivity index (χ0) is 19.8. The van der Waals surface area contributed by atoms with E-state index < -0.39 is 0 Å². The highest BCUT2D eigenvalue weighted by Crippen LogP contribution is 2.18. The second-order valence-corrected chi connectivity index (χ2v) is 6.33. The summed E-state index contributed by atoms with van der Waals surface area (Å²) in [5.74, 6) is 0.933. The Bertz CT molecular complexity index is 937. The summed E-state index contributed by atoms with van der Waals surface area (Å²) < 4.78 is 7.62. The van der Waals surface area contributed by atoms with E-state index in [1.165, 1.54) is 0 Å². The van der Waals surface area contributed by atoms with Crippen molar-refractivity contribution >= 4 is 22.8 Å². The quantitative estimate of drug-likeness (QED) is 0.596. The Balaban J connectivity index is 1.70. The number of hydrogen-bond acceptors (Lipinski definition) is 4. The fourth-order valence-corrected chi connectivity index (χ4v) is 2.78. The number of amides is 2. The first kappa shape index (κ1) is 19.4. The number of benzene rings is 2. The van der Waals surface area contributed by atoms with Gasteiger partial charge in [-0.1, -0.05) is 37.3 Å². The lowest BCUT2D eigenvalue weighted by atomic mass is 10.3. The van der Waals surface area contributed by atoms with E-state index in [2.05, 4.69) is 15.6 Å². The predicted octanol–water partition coefficient (Wildman–Crippen LogP) is 2.26. The van der Waals surface area contributed by atoms with Crippen molar-refractivity contribution in [3.05, 3.63) is 60.4 Å². The molecule has 0 aliphatic rings. The first-order chi connectivity index (χ1) is 13.7. The molecule has 0 aliphatic heterocycles. The molecular formula is C21H24N4O3. The second-order valence-electron chi connectivity index (χ2n) is 6.33. The van der Waals surface area contributed by atoms with Crippen LogP contribution in [0.5, 0.6) is 5.75 Å². The van der Waals surface area contributed by atoms with Crippen LogP contribution in [0.3, 0.4) is 0 Å². The van der Waals surface area contributed by atoms with Crippen LogP contribution in [0.4, 0.5) is 0 Å². The summed E-state index contributed by atoms with van der Waals surface area (Å²) in [5.41, 5.74) is 1.64. The van der Waals surface area contributed by atoms with Crippen LogP contribution in [0.25, 0.3) is 11.0 Å². The lowest BCUT2D eigenvalue weighted by Gasteiger charge is -2.11. The average molecular weight is 380 g/mol. The van der Waals surface area contributed by atoms with E-state index in [-0.39, 0.29) is 31.5 Å². The van der Waals surface area contributed by atoms with Crippen LogP contribution in [0.1, 0.15) is 19.2 Å². The van der Waals surface area contributed by atoms with E-state index in [4.69, 9.17) is 4.74 Å². The van der Waals surface area contributed by atoms with Crippen molar-refractivity contribution in [3.63, 3.8) is 0 Å². The third-order valence-electron chi connectivity index (χ3n) is 4.16. The number of imidazole rings is 1. The van der Waals surface area contributed by atoms with Crippen LogP contribution in [0.2, 0.25) is 0 Å². The van der Waals surface area contributed by atoms with Crippen molar-refractivity contribution < 1.29 is 14.3 Å². The molecule has 0 aliphatic carbocycles. The first-order valence-electron chi connectivity index (χ1n) is 9.32. The van der Waals surface area contributed by atoms with Gasteiger partial charge in [0.1, 0.15) is 24.7 Å². The predicted molar refractivity (Wildman–Crippen MR) is 107 cm³/mol. The number of para-hydroxylation sites is 3. The smallest absolute Gasteiger partial charge is 0.240 e. The van der Waals surface area contributed by atoms with Crippen LogP contribution in [-0.4, -0.2) is 34.5 Å². The van der Waals surface area contributed by atoms with Gasteiger partial charge in [-0.3, -0.25) is 9.59 Å². The first-order valence-corrected chi connectivity index (χ1v) is 9.32. The molecule has 7 nitrogen and oxygen atoms in total. The number of nitrogens with zero attached hydrogens (tertiary/aromatic N) is 2. The van der Waals surface area contributed by atoms with Gasteiger partial charge < -0.3 is 19.9 Å². The van der Waals surface area contributed by atoms with Gasteiger partial charge in [-0.15, -0.1) is 0 Å². The largest absolute Gasteiger partial charge is 0.486 e. The van der Waals surface area contributed by atoms with Gasteiger partial charge in [-0.25, -0.2) is 4.98 Å². The van der Waals surface area contributed by atoms with E-state index in [1.54, 1.807) is 0 Å². The van der Waals surface area contributed by atoms with Gasteiger partial charge in [-0.2, -0.15) is 0 Å². The van der Waals surface area contributed by atoms with Gasteiger partial charge in [0.25, 0.3) is 0 Å². The molecule has 2 amide bonds. The zero-order valence-corrected chi connectivity index (χ0v) is 15.9. The Kier molecular flexibility index (Phi) is 6.62. The molecular weight excluding hydrogens is 356 g/mol. The molecule has 0 saturated carbocycles. The highest BCUT2D eigenvalue weighted by atomic mass is 16.5. The summed E-state index contributed by atoms with van der Waals surface area (Å²) in [4.78, 5) is 28.7. The Labute approximate surface area is 163 Å². The van der Waals surface area contributed by atoms with Crippen LogP contribution in [-0.2, 0) is 22.7 Å². The van der Waals surface area contributed by atoms with Crippen molar-refractivity contribution in [2.45, 2.75) is 26.5 Å². The fraction of sp³-hybridized carbons (Fsp3) is 0.286. The molecule has 0 unspecified atom stereocenters. The monoisotopic (exact) mass is 380 g/mol. The molecule has 2 aromatic carbocycles. The molecule has 0 saturated heterocycles. The zero-order valence-electron chi connectivity index (χ0n) is 15.9. The molecule has 0 radical (unpaired) electrons. The van der Waals surface area contributed by atoms with Crippen LogP contribution in [0, 0.1) is 0 Å². The van der Waals surface area contributed by atoms with Crippen LogP contribution in [0.15, 0.2) is 54.6 Å². The topological polar surface area (TPSA) is 85.2 Å². The number of nitrogens with one attached hydrogen (secondary N) is 2. The molecule has 28 heavy (non-hydrogen) atoms. The van der Waals surface area contributed by atoms with Gasteiger partial charge in [-0.05, 0) is 30.7 Å². The second kappa shape index (κ2) is 9.55. The molecule has 0 bridgehead atoms. The Hall–Kier alpha value is -3.35. The van der Waals surface area contributed by atoms with E-state index >= 15 is 0 Å². The van der Waals surface area contributed by atoms with E-state index in [9.17, 15) is 9.59 Å². The molecule has 1 heterocycles. The average Bonchev–Trinajstić information content (AvgIpc) is 3.07. The Morgan fingerprint density at radius 1 is 1.00 bits per heavy atom. The Morgan fingerprint density at radius 3 is 2.54 bits per heavy atom. The SMILES string of the molecule is CCCNC(=O)CNC(=O)Cn1c(COc2ccccc2)nc2ccccc21. The van der Waals surface area contributed by atoms with Crippen LogP contribution >= 0.6 is 0 Å². The summed E-state index contributed by atoms with van der Waals surface area (Å²) in [6, 6.07) is 17.1. The van der Waals surface area contributed by atoms with Gasteiger partial charge >= 0.3 is 0 Å². The minimum Gasteiger partial charge on any atom is -0.486 e. The molecule has 1 aromatic heterocycles. The standard InChI is InChI=1S/C21H24N4O3/c1-2-12-22-20(26)13-23-21(27)14-25-18-11-7-6-10-17(18)24-19(25)15-28-16-8-4-3-5-9-16/h3-11H,2,12-15H2,1H3,(H,22,26)(H,23,27). The number of carbonyl (C=O) groups excluding carboxylic acids is 2. The maximum Gasteiger partial charge on any atom is 0.240 e. The Morgan fingerprint density at radius 2 is 1.75 bits per heavy atom.